The molecule has 0 aliphatic carbocycles. The van der Waals surface area contributed by atoms with Crippen molar-refractivity contribution in [2.75, 3.05) is 18.4 Å². The summed E-state index contributed by atoms with van der Waals surface area (Å²) in [5.74, 6) is 0. The zero-order valence-corrected chi connectivity index (χ0v) is 10.4. The number of unbranched alkanes of at least 4 members (excludes halogenated alkanes) is 1. The molecule has 0 radical (unpaired) electrons. The molecule has 2 aromatic carbocycles. The second-order valence-corrected chi connectivity index (χ2v) is 4.49. The van der Waals surface area contributed by atoms with Gasteiger partial charge in [0.15, 0.2) is 0 Å². The molecular weight excluding hydrogens is 208 g/mol. The second kappa shape index (κ2) is 5.69. The molecule has 0 amide bonds. The van der Waals surface area contributed by atoms with Crippen molar-refractivity contribution in [3.8, 4) is 0 Å². The van der Waals surface area contributed by atoms with E-state index in [2.05, 4.69) is 48.6 Å². The van der Waals surface area contributed by atoms with Crippen molar-refractivity contribution in [1.29, 1.82) is 0 Å². The fourth-order valence-corrected chi connectivity index (χ4v) is 1.98. The van der Waals surface area contributed by atoms with Crippen LogP contribution in [0.2, 0.25) is 0 Å². The Morgan fingerprint density at radius 2 is 1.76 bits per heavy atom. The number of nitrogens with two attached hydrogens (primary N) is 1. The Morgan fingerprint density at radius 3 is 2.59 bits per heavy atom. The third kappa shape index (κ3) is 3.21. The van der Waals surface area contributed by atoms with Crippen LogP contribution >= 0.6 is 0 Å². The summed E-state index contributed by atoms with van der Waals surface area (Å²) in [6, 6.07) is 13.1. The lowest BCUT2D eigenvalue weighted by molar-refractivity contribution is 0.774. The Kier molecular flexibility index (Phi) is 3.99. The monoisotopic (exact) mass is 228 g/mol. The van der Waals surface area contributed by atoms with E-state index in [4.69, 9.17) is 5.73 Å². The maximum Gasteiger partial charge on any atom is 0.0346 e. The van der Waals surface area contributed by atoms with Crippen molar-refractivity contribution in [3.63, 3.8) is 0 Å². The van der Waals surface area contributed by atoms with Crippen molar-refractivity contribution >= 4 is 16.5 Å². The van der Waals surface area contributed by atoms with Crippen molar-refractivity contribution < 1.29 is 0 Å². The van der Waals surface area contributed by atoms with Gasteiger partial charge < -0.3 is 11.1 Å². The van der Waals surface area contributed by atoms with Gasteiger partial charge in [0, 0.05) is 12.2 Å². The molecule has 0 aromatic heterocycles. The maximum absolute atomic E-state index is 5.47. The highest BCUT2D eigenvalue weighted by molar-refractivity contribution is 5.86. The number of benzene rings is 2. The molecule has 0 heterocycles. The van der Waals surface area contributed by atoms with E-state index in [1.54, 1.807) is 0 Å². The summed E-state index contributed by atoms with van der Waals surface area (Å²) in [5, 5.41) is 6.03. The zero-order valence-electron chi connectivity index (χ0n) is 10.4. The number of hydrogen-bond donors (Lipinski definition) is 2. The molecule has 17 heavy (non-hydrogen) atoms. The molecule has 0 saturated carbocycles. The molecule has 0 aliphatic heterocycles. The Balaban J connectivity index is 2.07. The fraction of sp³-hybridized carbons (Fsp3) is 0.333. The van der Waals surface area contributed by atoms with Crippen LogP contribution in [0, 0.1) is 6.92 Å². The molecule has 2 nitrogen and oxygen atoms in total. The molecular formula is C15H20N2. The van der Waals surface area contributed by atoms with Crippen LogP contribution in [-0.2, 0) is 0 Å². The van der Waals surface area contributed by atoms with Crippen LogP contribution in [0.5, 0.6) is 0 Å². The lowest BCUT2D eigenvalue weighted by atomic mass is 10.1. The normalized spacial score (nSPS) is 10.7. The smallest absolute Gasteiger partial charge is 0.0346 e. The van der Waals surface area contributed by atoms with Crippen LogP contribution in [0.15, 0.2) is 36.4 Å². The fourth-order valence-electron chi connectivity index (χ4n) is 1.98. The number of fused-ring (bicyclic) bond motifs is 1. The van der Waals surface area contributed by atoms with Gasteiger partial charge in [-0.3, -0.25) is 0 Å². The van der Waals surface area contributed by atoms with Gasteiger partial charge >= 0.3 is 0 Å². The van der Waals surface area contributed by atoms with Crippen LogP contribution in [-0.4, -0.2) is 13.1 Å². The van der Waals surface area contributed by atoms with Gasteiger partial charge in [-0.15, -0.1) is 0 Å². The van der Waals surface area contributed by atoms with Gasteiger partial charge in [0.1, 0.15) is 0 Å². The van der Waals surface area contributed by atoms with Gasteiger partial charge in [-0.25, -0.2) is 0 Å². The molecule has 3 N–H and O–H groups in total. The van der Waals surface area contributed by atoms with Gasteiger partial charge in [0.2, 0.25) is 0 Å². The molecule has 0 spiro atoms. The van der Waals surface area contributed by atoms with Gasteiger partial charge in [-0.05, 0) is 49.2 Å². The third-order valence-electron chi connectivity index (χ3n) is 2.96. The maximum atomic E-state index is 5.47. The molecule has 0 saturated heterocycles. The molecule has 0 unspecified atom stereocenters. The average Bonchev–Trinajstić information content (AvgIpc) is 2.35. The third-order valence-corrected chi connectivity index (χ3v) is 2.96. The van der Waals surface area contributed by atoms with Crippen LogP contribution in [0.1, 0.15) is 18.4 Å². The Bertz CT molecular complexity index is 491. The second-order valence-electron chi connectivity index (χ2n) is 4.49. The highest BCUT2D eigenvalue weighted by Crippen LogP contribution is 2.20. The minimum atomic E-state index is 0.776. The van der Waals surface area contributed by atoms with Crippen molar-refractivity contribution in [2.45, 2.75) is 19.8 Å². The van der Waals surface area contributed by atoms with Crippen molar-refractivity contribution in [1.82, 2.24) is 0 Å². The lowest BCUT2D eigenvalue weighted by Crippen LogP contribution is -2.05. The summed E-state index contributed by atoms with van der Waals surface area (Å²) in [6.45, 7) is 3.89. The number of anilines is 1. The SMILES string of the molecule is Cc1ccc2cc(NCCCCN)ccc2c1. The van der Waals surface area contributed by atoms with Gasteiger partial charge in [-0.2, -0.15) is 0 Å². The summed E-state index contributed by atoms with van der Waals surface area (Å²) in [6.07, 6.45) is 2.21. The van der Waals surface area contributed by atoms with Crippen LogP contribution in [0.4, 0.5) is 5.69 Å². The lowest BCUT2D eigenvalue weighted by Gasteiger charge is -2.07. The first-order chi connectivity index (χ1) is 8.29. The van der Waals surface area contributed by atoms with E-state index in [1.165, 1.54) is 22.0 Å². The van der Waals surface area contributed by atoms with Crippen LogP contribution in [0.25, 0.3) is 10.8 Å². The predicted octanol–water partition coefficient (Wildman–Crippen LogP) is 3.30. The Hall–Kier alpha value is -1.54. The summed E-state index contributed by atoms with van der Waals surface area (Å²) < 4.78 is 0. The van der Waals surface area contributed by atoms with E-state index in [9.17, 15) is 0 Å². The number of aryl methyl sites for hydroxylation is 1. The molecule has 0 aliphatic rings. The molecule has 2 heteroatoms. The van der Waals surface area contributed by atoms with E-state index < -0.39 is 0 Å². The zero-order chi connectivity index (χ0) is 12.1. The van der Waals surface area contributed by atoms with E-state index in [0.717, 1.165) is 25.9 Å². The van der Waals surface area contributed by atoms with Gasteiger partial charge in [-0.1, -0.05) is 29.8 Å². The first kappa shape index (κ1) is 11.9. The first-order valence-corrected chi connectivity index (χ1v) is 6.24. The Labute approximate surface area is 103 Å². The molecule has 2 aromatic rings. The standard InChI is InChI=1S/C15H20N2/c1-12-4-5-14-11-15(7-6-13(14)10-12)17-9-3-2-8-16/h4-7,10-11,17H,2-3,8-9,16H2,1H3. The highest BCUT2D eigenvalue weighted by Gasteiger charge is 1.96. The van der Waals surface area contributed by atoms with E-state index in [1.807, 2.05) is 0 Å². The topological polar surface area (TPSA) is 38.0 Å². The van der Waals surface area contributed by atoms with E-state index in [-0.39, 0.29) is 0 Å². The molecule has 2 rings (SSSR count). The van der Waals surface area contributed by atoms with E-state index in [0.29, 0.717) is 0 Å². The highest BCUT2D eigenvalue weighted by atomic mass is 14.9. The Morgan fingerprint density at radius 1 is 1.00 bits per heavy atom. The van der Waals surface area contributed by atoms with Crippen molar-refractivity contribution in [2.24, 2.45) is 5.73 Å². The van der Waals surface area contributed by atoms with E-state index >= 15 is 0 Å². The average molecular weight is 228 g/mol. The predicted molar refractivity (Wildman–Crippen MR) is 75.5 cm³/mol. The summed E-state index contributed by atoms with van der Waals surface area (Å²) in [5.41, 5.74) is 7.97. The molecule has 0 fully saturated rings. The number of nitrogens with one attached hydrogen (secondary N) is 1. The minimum absolute atomic E-state index is 0.776. The van der Waals surface area contributed by atoms with Gasteiger partial charge in [0.25, 0.3) is 0 Å². The van der Waals surface area contributed by atoms with Crippen LogP contribution < -0.4 is 11.1 Å². The quantitative estimate of drug-likeness (QED) is 0.771. The molecule has 90 valence electrons. The van der Waals surface area contributed by atoms with Crippen molar-refractivity contribution in [3.05, 3.63) is 42.0 Å². The summed E-state index contributed by atoms with van der Waals surface area (Å²) in [4.78, 5) is 0. The largest absolute Gasteiger partial charge is 0.385 e. The summed E-state index contributed by atoms with van der Waals surface area (Å²) >= 11 is 0. The minimum Gasteiger partial charge on any atom is -0.385 e. The number of rotatable bonds is 5. The molecule has 0 atom stereocenters. The number of hydrogen-bond acceptors (Lipinski definition) is 2. The summed E-state index contributed by atoms with van der Waals surface area (Å²) in [7, 11) is 0. The van der Waals surface area contributed by atoms with Crippen LogP contribution in [0.3, 0.4) is 0 Å². The molecule has 0 bridgehead atoms. The van der Waals surface area contributed by atoms with Gasteiger partial charge in [0.05, 0.1) is 0 Å². The first-order valence-electron chi connectivity index (χ1n) is 6.24.